The van der Waals surface area contributed by atoms with Crippen molar-refractivity contribution in [2.24, 2.45) is 0 Å². The van der Waals surface area contributed by atoms with Gasteiger partial charge in [0.1, 0.15) is 9.84 Å². The molecule has 0 saturated carbocycles. The van der Waals surface area contributed by atoms with Crippen LogP contribution in [0.5, 0.6) is 0 Å². The fourth-order valence-corrected chi connectivity index (χ4v) is 4.91. The van der Waals surface area contributed by atoms with Gasteiger partial charge in [0.05, 0.1) is 11.5 Å². The molecule has 1 N–H and O–H groups in total. The third-order valence-electron chi connectivity index (χ3n) is 4.79. The largest absolute Gasteiger partial charge is 0.351 e. The van der Waals surface area contributed by atoms with Crippen LogP contribution in [0.4, 0.5) is 0 Å². The summed E-state index contributed by atoms with van der Waals surface area (Å²) < 4.78 is 23.1. The number of rotatable bonds is 4. The molecule has 0 aliphatic carbocycles. The van der Waals surface area contributed by atoms with E-state index in [1.165, 1.54) is 0 Å². The molecule has 0 unspecified atom stereocenters. The maximum Gasteiger partial charge on any atom is 0.223 e. The molecule has 144 valence electrons. The van der Waals surface area contributed by atoms with E-state index in [0.717, 1.165) is 13.1 Å². The maximum atomic E-state index is 12.3. The molecule has 7 nitrogen and oxygen atoms in total. The normalized spacial score (nSPS) is 22.6. The lowest BCUT2D eigenvalue weighted by Gasteiger charge is -2.40. The van der Waals surface area contributed by atoms with E-state index in [1.807, 2.05) is 25.7 Å². The standard InChI is InChI=1S/C17H31N3O4S/c1-17(2,3)18-15(21)4-5-16(22)20-10-8-19(9-11-20)14-6-12-25(23,24)13-7-14/h14H,4-13H2,1-3H3,(H,18,21). The summed E-state index contributed by atoms with van der Waals surface area (Å²) in [6, 6.07) is 0.318. The van der Waals surface area contributed by atoms with Gasteiger partial charge in [-0.3, -0.25) is 14.5 Å². The zero-order chi connectivity index (χ0) is 18.7. The molecular weight excluding hydrogens is 342 g/mol. The van der Waals surface area contributed by atoms with E-state index in [-0.39, 0.29) is 41.7 Å². The molecule has 2 rings (SSSR count). The summed E-state index contributed by atoms with van der Waals surface area (Å²) in [5, 5.41) is 2.87. The highest BCUT2D eigenvalue weighted by atomic mass is 32.2. The topological polar surface area (TPSA) is 86.8 Å². The van der Waals surface area contributed by atoms with Crippen molar-refractivity contribution in [2.75, 3.05) is 37.7 Å². The number of carbonyl (C=O) groups excluding carboxylic acids is 2. The van der Waals surface area contributed by atoms with E-state index in [4.69, 9.17) is 0 Å². The molecule has 0 aromatic carbocycles. The first-order valence-corrected chi connectivity index (χ1v) is 10.9. The van der Waals surface area contributed by atoms with Crippen LogP contribution in [-0.4, -0.2) is 79.3 Å². The molecule has 0 spiro atoms. The van der Waals surface area contributed by atoms with Gasteiger partial charge in [0.15, 0.2) is 0 Å². The fraction of sp³-hybridized carbons (Fsp3) is 0.882. The summed E-state index contributed by atoms with van der Waals surface area (Å²) >= 11 is 0. The number of amides is 2. The molecule has 0 radical (unpaired) electrons. The van der Waals surface area contributed by atoms with E-state index in [9.17, 15) is 18.0 Å². The predicted octanol–water partition coefficient (Wildman–Crippen LogP) is 0.403. The van der Waals surface area contributed by atoms with Crippen LogP contribution in [0.25, 0.3) is 0 Å². The molecule has 2 aliphatic rings. The summed E-state index contributed by atoms with van der Waals surface area (Å²) in [7, 11) is -2.84. The van der Waals surface area contributed by atoms with Gasteiger partial charge < -0.3 is 10.2 Å². The van der Waals surface area contributed by atoms with Crippen LogP contribution in [0.3, 0.4) is 0 Å². The molecule has 2 aliphatic heterocycles. The minimum atomic E-state index is -2.84. The van der Waals surface area contributed by atoms with Crippen LogP contribution in [0.1, 0.15) is 46.5 Å². The molecule has 2 amide bonds. The molecule has 25 heavy (non-hydrogen) atoms. The lowest BCUT2D eigenvalue weighted by molar-refractivity contribution is -0.135. The van der Waals surface area contributed by atoms with E-state index >= 15 is 0 Å². The van der Waals surface area contributed by atoms with Crippen LogP contribution in [0.2, 0.25) is 0 Å². The minimum absolute atomic E-state index is 0.0231. The van der Waals surface area contributed by atoms with Crippen molar-refractivity contribution in [2.45, 2.75) is 58.0 Å². The molecule has 0 aromatic rings. The first-order chi connectivity index (χ1) is 11.6. The van der Waals surface area contributed by atoms with Crippen molar-refractivity contribution in [3.63, 3.8) is 0 Å². The molecular formula is C17H31N3O4S. The lowest BCUT2D eigenvalue weighted by atomic mass is 10.1. The summed E-state index contributed by atoms with van der Waals surface area (Å²) in [6.45, 7) is 8.63. The molecule has 0 bridgehead atoms. The monoisotopic (exact) mass is 373 g/mol. The van der Waals surface area contributed by atoms with Crippen molar-refractivity contribution in [3.8, 4) is 0 Å². The van der Waals surface area contributed by atoms with Gasteiger partial charge in [0, 0.05) is 50.6 Å². The SMILES string of the molecule is CC(C)(C)NC(=O)CCC(=O)N1CCN(C2CCS(=O)(=O)CC2)CC1. The van der Waals surface area contributed by atoms with E-state index < -0.39 is 9.84 Å². The third-order valence-corrected chi connectivity index (χ3v) is 6.50. The van der Waals surface area contributed by atoms with Crippen LogP contribution < -0.4 is 5.32 Å². The number of sulfone groups is 1. The second kappa shape index (κ2) is 8.03. The number of piperazine rings is 1. The summed E-state index contributed by atoms with van der Waals surface area (Å²) in [5.41, 5.74) is -0.279. The van der Waals surface area contributed by atoms with Crippen LogP contribution in [-0.2, 0) is 19.4 Å². The Morgan fingerprint density at radius 3 is 2.08 bits per heavy atom. The lowest BCUT2D eigenvalue weighted by Crippen LogP contribution is -2.53. The molecule has 8 heteroatoms. The first-order valence-electron chi connectivity index (χ1n) is 9.09. The highest BCUT2D eigenvalue weighted by Crippen LogP contribution is 2.20. The van der Waals surface area contributed by atoms with Gasteiger partial charge in [-0.25, -0.2) is 8.42 Å². The second-order valence-corrected chi connectivity index (χ2v) is 10.4. The average Bonchev–Trinajstić information content (AvgIpc) is 2.51. The quantitative estimate of drug-likeness (QED) is 0.771. The Kier molecular flexibility index (Phi) is 6.48. The van der Waals surface area contributed by atoms with E-state index in [1.54, 1.807) is 0 Å². The third kappa shape index (κ3) is 6.58. The summed E-state index contributed by atoms with van der Waals surface area (Å²) in [4.78, 5) is 28.2. The minimum Gasteiger partial charge on any atom is -0.351 e. The highest BCUT2D eigenvalue weighted by molar-refractivity contribution is 7.91. The van der Waals surface area contributed by atoms with Gasteiger partial charge in [-0.1, -0.05) is 0 Å². The van der Waals surface area contributed by atoms with Crippen molar-refractivity contribution < 1.29 is 18.0 Å². The van der Waals surface area contributed by atoms with Gasteiger partial charge in [-0.2, -0.15) is 0 Å². The number of nitrogens with zero attached hydrogens (tertiary/aromatic N) is 2. The first kappa shape index (κ1) is 20.2. The Hall–Kier alpha value is -1.15. The molecule has 2 fully saturated rings. The molecule has 0 atom stereocenters. The number of nitrogens with one attached hydrogen (secondary N) is 1. The van der Waals surface area contributed by atoms with E-state index in [0.29, 0.717) is 32.0 Å². The Labute approximate surface area is 151 Å². The number of hydrogen-bond acceptors (Lipinski definition) is 5. The van der Waals surface area contributed by atoms with Crippen LogP contribution >= 0.6 is 0 Å². The molecule has 2 saturated heterocycles. The van der Waals surface area contributed by atoms with Gasteiger partial charge in [-0.15, -0.1) is 0 Å². The van der Waals surface area contributed by atoms with Crippen molar-refractivity contribution >= 4 is 21.7 Å². The number of hydrogen-bond donors (Lipinski definition) is 1. The van der Waals surface area contributed by atoms with Crippen molar-refractivity contribution in [1.29, 1.82) is 0 Å². The van der Waals surface area contributed by atoms with E-state index in [2.05, 4.69) is 10.2 Å². The van der Waals surface area contributed by atoms with Gasteiger partial charge in [0.2, 0.25) is 11.8 Å². The zero-order valence-electron chi connectivity index (χ0n) is 15.6. The van der Waals surface area contributed by atoms with Gasteiger partial charge in [-0.05, 0) is 33.6 Å². The number of carbonyl (C=O) groups is 2. The molecule has 2 heterocycles. The predicted molar refractivity (Wildman–Crippen MR) is 97.0 cm³/mol. The fourth-order valence-electron chi connectivity index (χ4n) is 3.44. The van der Waals surface area contributed by atoms with Gasteiger partial charge >= 0.3 is 0 Å². The second-order valence-electron chi connectivity index (χ2n) is 8.10. The Morgan fingerprint density at radius 2 is 1.56 bits per heavy atom. The summed E-state index contributed by atoms with van der Waals surface area (Å²) in [5.74, 6) is 0.484. The Bertz CT molecular complexity index is 576. The molecule has 0 aromatic heterocycles. The van der Waals surface area contributed by atoms with Crippen molar-refractivity contribution in [3.05, 3.63) is 0 Å². The van der Waals surface area contributed by atoms with Crippen molar-refractivity contribution in [1.82, 2.24) is 15.1 Å². The highest BCUT2D eigenvalue weighted by Gasteiger charge is 2.31. The maximum absolute atomic E-state index is 12.3. The van der Waals surface area contributed by atoms with Crippen LogP contribution in [0.15, 0.2) is 0 Å². The van der Waals surface area contributed by atoms with Crippen LogP contribution in [0, 0.1) is 0 Å². The zero-order valence-corrected chi connectivity index (χ0v) is 16.4. The van der Waals surface area contributed by atoms with Gasteiger partial charge in [0.25, 0.3) is 0 Å². The smallest absolute Gasteiger partial charge is 0.223 e. The average molecular weight is 374 g/mol. The summed E-state index contributed by atoms with van der Waals surface area (Å²) in [6.07, 6.45) is 1.85. The Morgan fingerprint density at radius 1 is 1.00 bits per heavy atom. The Balaban J connectivity index is 1.71.